The lowest BCUT2D eigenvalue weighted by atomic mass is 10.1. The molecule has 2 aromatic rings. The second-order valence-electron chi connectivity index (χ2n) is 5.49. The van der Waals surface area contributed by atoms with Crippen molar-refractivity contribution in [1.82, 2.24) is 30.1 Å². The molecule has 0 spiro atoms. The highest BCUT2D eigenvalue weighted by Gasteiger charge is 2.10. The molecular weight excluding hydrogens is 228 g/mol. The van der Waals surface area contributed by atoms with E-state index in [9.17, 15) is 0 Å². The lowest BCUT2D eigenvalue weighted by Gasteiger charge is -2.19. The minimum Gasteiger partial charge on any atom is -0.306 e. The SMILES string of the molecule is Cn1ccc(Cn2cc(CNC(C)(C)C)nn2)n1. The Balaban J connectivity index is 1.94. The summed E-state index contributed by atoms with van der Waals surface area (Å²) in [5, 5.41) is 15.9. The highest BCUT2D eigenvalue weighted by atomic mass is 15.4. The molecule has 2 rings (SSSR count). The van der Waals surface area contributed by atoms with Crippen molar-refractivity contribution in [3.63, 3.8) is 0 Å². The van der Waals surface area contributed by atoms with Gasteiger partial charge in [0.15, 0.2) is 0 Å². The van der Waals surface area contributed by atoms with Crippen LogP contribution < -0.4 is 5.32 Å². The Bertz CT molecular complexity index is 505. The summed E-state index contributed by atoms with van der Waals surface area (Å²) < 4.78 is 3.59. The molecule has 0 bridgehead atoms. The number of aromatic nitrogens is 5. The van der Waals surface area contributed by atoms with E-state index in [1.807, 2.05) is 30.2 Å². The van der Waals surface area contributed by atoms with Gasteiger partial charge in [-0.05, 0) is 26.8 Å². The molecule has 6 nitrogen and oxygen atoms in total. The van der Waals surface area contributed by atoms with Crippen LogP contribution in [0.1, 0.15) is 32.2 Å². The van der Waals surface area contributed by atoms with E-state index in [1.165, 1.54) is 0 Å². The van der Waals surface area contributed by atoms with E-state index in [4.69, 9.17) is 0 Å². The van der Waals surface area contributed by atoms with E-state index in [2.05, 4.69) is 41.5 Å². The quantitative estimate of drug-likeness (QED) is 0.875. The Hall–Kier alpha value is -1.69. The molecule has 0 aliphatic heterocycles. The zero-order valence-corrected chi connectivity index (χ0v) is 11.4. The zero-order chi connectivity index (χ0) is 13.2. The zero-order valence-electron chi connectivity index (χ0n) is 11.4. The smallest absolute Gasteiger partial charge is 0.0965 e. The van der Waals surface area contributed by atoms with Crippen LogP contribution in [0.25, 0.3) is 0 Å². The summed E-state index contributed by atoms with van der Waals surface area (Å²) in [6.07, 6.45) is 3.88. The summed E-state index contributed by atoms with van der Waals surface area (Å²) in [5.74, 6) is 0. The average molecular weight is 248 g/mol. The molecule has 0 saturated carbocycles. The van der Waals surface area contributed by atoms with Gasteiger partial charge in [-0.2, -0.15) is 5.10 Å². The molecule has 98 valence electrons. The monoisotopic (exact) mass is 248 g/mol. The van der Waals surface area contributed by atoms with E-state index >= 15 is 0 Å². The Morgan fingerprint density at radius 3 is 2.67 bits per heavy atom. The fourth-order valence-corrected chi connectivity index (χ4v) is 1.57. The summed E-state index contributed by atoms with van der Waals surface area (Å²) in [6, 6.07) is 1.98. The fourth-order valence-electron chi connectivity index (χ4n) is 1.57. The topological polar surface area (TPSA) is 60.6 Å². The standard InChI is InChI=1S/C12H20N6/c1-12(2,3)13-7-11-9-18(16-14-11)8-10-5-6-17(4)15-10/h5-6,9,13H,7-8H2,1-4H3. The highest BCUT2D eigenvalue weighted by molar-refractivity contribution is 5.01. The lowest BCUT2D eigenvalue weighted by Crippen LogP contribution is -2.35. The first-order valence-electron chi connectivity index (χ1n) is 6.05. The van der Waals surface area contributed by atoms with E-state index in [-0.39, 0.29) is 5.54 Å². The summed E-state index contributed by atoms with van der Waals surface area (Å²) in [6.45, 7) is 7.77. The van der Waals surface area contributed by atoms with Gasteiger partial charge in [-0.1, -0.05) is 5.21 Å². The van der Waals surface area contributed by atoms with Crippen molar-refractivity contribution in [1.29, 1.82) is 0 Å². The first-order valence-corrected chi connectivity index (χ1v) is 6.05. The first kappa shape index (κ1) is 12.8. The van der Waals surface area contributed by atoms with Gasteiger partial charge < -0.3 is 5.32 Å². The molecule has 0 atom stereocenters. The minimum absolute atomic E-state index is 0.0881. The Kier molecular flexibility index (Phi) is 3.47. The largest absolute Gasteiger partial charge is 0.306 e. The molecule has 0 unspecified atom stereocenters. The van der Waals surface area contributed by atoms with Crippen LogP contribution in [0.4, 0.5) is 0 Å². The Morgan fingerprint density at radius 2 is 2.06 bits per heavy atom. The van der Waals surface area contributed by atoms with Gasteiger partial charge >= 0.3 is 0 Å². The minimum atomic E-state index is 0.0881. The predicted octanol–water partition coefficient (Wildman–Crippen LogP) is 0.948. The maximum Gasteiger partial charge on any atom is 0.0965 e. The number of hydrogen-bond acceptors (Lipinski definition) is 4. The van der Waals surface area contributed by atoms with Crippen LogP contribution in [0.5, 0.6) is 0 Å². The van der Waals surface area contributed by atoms with Crippen molar-refractivity contribution in [2.45, 2.75) is 39.4 Å². The summed E-state index contributed by atoms with van der Waals surface area (Å²) in [7, 11) is 1.91. The number of nitrogens with one attached hydrogen (secondary N) is 1. The number of hydrogen-bond donors (Lipinski definition) is 1. The molecule has 6 heteroatoms. The Labute approximate surface area is 107 Å². The third kappa shape index (κ3) is 3.66. The molecule has 0 amide bonds. The Morgan fingerprint density at radius 1 is 1.28 bits per heavy atom. The van der Waals surface area contributed by atoms with Crippen molar-refractivity contribution in [2.24, 2.45) is 7.05 Å². The second kappa shape index (κ2) is 4.89. The highest BCUT2D eigenvalue weighted by Crippen LogP contribution is 2.03. The van der Waals surface area contributed by atoms with Crippen molar-refractivity contribution < 1.29 is 0 Å². The maximum atomic E-state index is 4.31. The van der Waals surface area contributed by atoms with E-state index < -0.39 is 0 Å². The first-order chi connectivity index (χ1) is 8.42. The van der Waals surface area contributed by atoms with Crippen LogP contribution in [0.3, 0.4) is 0 Å². The molecule has 0 radical (unpaired) electrons. The molecule has 1 N–H and O–H groups in total. The molecule has 0 saturated heterocycles. The average Bonchev–Trinajstić information content (AvgIpc) is 2.85. The van der Waals surface area contributed by atoms with E-state index in [0.29, 0.717) is 6.54 Å². The molecule has 2 heterocycles. The lowest BCUT2D eigenvalue weighted by molar-refractivity contribution is 0.421. The van der Waals surface area contributed by atoms with Gasteiger partial charge in [-0.3, -0.25) is 4.68 Å². The van der Waals surface area contributed by atoms with Crippen LogP contribution >= 0.6 is 0 Å². The molecule has 0 fully saturated rings. The predicted molar refractivity (Wildman–Crippen MR) is 68.9 cm³/mol. The molecule has 18 heavy (non-hydrogen) atoms. The number of nitrogens with zero attached hydrogens (tertiary/aromatic N) is 5. The van der Waals surface area contributed by atoms with E-state index in [1.54, 1.807) is 4.68 Å². The van der Waals surface area contributed by atoms with Crippen LogP contribution in [0.2, 0.25) is 0 Å². The fraction of sp³-hybridized carbons (Fsp3) is 0.583. The van der Waals surface area contributed by atoms with Gasteiger partial charge in [0, 0.05) is 25.3 Å². The van der Waals surface area contributed by atoms with Crippen LogP contribution in [0.15, 0.2) is 18.5 Å². The van der Waals surface area contributed by atoms with Gasteiger partial charge in [-0.25, -0.2) is 4.68 Å². The van der Waals surface area contributed by atoms with Crippen molar-refractivity contribution in [3.8, 4) is 0 Å². The van der Waals surface area contributed by atoms with Crippen molar-refractivity contribution >= 4 is 0 Å². The van der Waals surface area contributed by atoms with Gasteiger partial charge in [0.1, 0.15) is 0 Å². The van der Waals surface area contributed by atoms with Crippen LogP contribution in [0, 0.1) is 0 Å². The molecular formula is C12H20N6. The van der Waals surface area contributed by atoms with Crippen LogP contribution in [-0.4, -0.2) is 30.3 Å². The van der Waals surface area contributed by atoms with Gasteiger partial charge in [0.2, 0.25) is 0 Å². The van der Waals surface area contributed by atoms with Crippen LogP contribution in [-0.2, 0) is 20.1 Å². The molecule has 0 aliphatic carbocycles. The normalized spacial score (nSPS) is 12.0. The third-order valence-corrected chi connectivity index (χ3v) is 2.48. The summed E-state index contributed by atoms with van der Waals surface area (Å²) >= 11 is 0. The van der Waals surface area contributed by atoms with Crippen molar-refractivity contribution in [3.05, 3.63) is 29.8 Å². The summed E-state index contributed by atoms with van der Waals surface area (Å²) in [5.41, 5.74) is 2.02. The van der Waals surface area contributed by atoms with Gasteiger partial charge in [0.05, 0.1) is 24.1 Å². The second-order valence-corrected chi connectivity index (χ2v) is 5.49. The number of aryl methyl sites for hydroxylation is 1. The third-order valence-electron chi connectivity index (χ3n) is 2.48. The van der Waals surface area contributed by atoms with E-state index in [0.717, 1.165) is 17.9 Å². The number of rotatable bonds is 4. The van der Waals surface area contributed by atoms with Crippen molar-refractivity contribution in [2.75, 3.05) is 0 Å². The molecule has 0 aliphatic rings. The van der Waals surface area contributed by atoms with Gasteiger partial charge in [0.25, 0.3) is 0 Å². The molecule has 0 aromatic carbocycles. The maximum absolute atomic E-state index is 4.31. The summed E-state index contributed by atoms with van der Waals surface area (Å²) in [4.78, 5) is 0. The molecule has 2 aromatic heterocycles. The van der Waals surface area contributed by atoms with Gasteiger partial charge in [-0.15, -0.1) is 5.10 Å².